The first-order chi connectivity index (χ1) is 10.3. The maximum atomic E-state index is 6.24. The Morgan fingerprint density at radius 1 is 1.05 bits per heavy atom. The molecule has 1 aromatic heterocycles. The first-order valence-corrected chi connectivity index (χ1v) is 7.31. The Morgan fingerprint density at radius 2 is 1.81 bits per heavy atom. The van der Waals surface area contributed by atoms with E-state index in [2.05, 4.69) is 10.6 Å². The summed E-state index contributed by atoms with van der Waals surface area (Å²) >= 11 is 6.24. The normalized spacial score (nSPS) is 11.0. The molecular formula is C17H17ClN2O. The van der Waals surface area contributed by atoms with Crippen molar-refractivity contribution in [3.8, 4) is 5.75 Å². The summed E-state index contributed by atoms with van der Waals surface area (Å²) < 4.78 is 7.96. The highest BCUT2D eigenvalue weighted by Crippen LogP contribution is 2.25. The Morgan fingerprint density at radius 3 is 2.67 bits per heavy atom. The highest BCUT2D eigenvalue weighted by atomic mass is 35.5. The predicted octanol–water partition coefficient (Wildman–Crippen LogP) is 3.83. The van der Waals surface area contributed by atoms with Crippen LogP contribution in [-0.2, 0) is 13.1 Å². The first-order valence-electron chi connectivity index (χ1n) is 6.93. The third kappa shape index (κ3) is 2.89. The molecule has 0 saturated carbocycles. The summed E-state index contributed by atoms with van der Waals surface area (Å²) in [6, 6.07) is 15.9. The number of para-hydroxylation sites is 2. The Labute approximate surface area is 128 Å². The zero-order valence-electron chi connectivity index (χ0n) is 11.6. The number of benzene rings is 2. The molecule has 0 aliphatic carbocycles. The van der Waals surface area contributed by atoms with Gasteiger partial charge in [-0.3, -0.25) is 0 Å². The van der Waals surface area contributed by atoms with Crippen molar-refractivity contribution in [3.05, 3.63) is 65.3 Å². The molecule has 0 atom stereocenters. The molecule has 4 heteroatoms. The third-order valence-electron chi connectivity index (χ3n) is 3.52. The quantitative estimate of drug-likeness (QED) is 0.778. The van der Waals surface area contributed by atoms with Crippen LogP contribution in [0.2, 0.25) is 5.02 Å². The van der Waals surface area contributed by atoms with Gasteiger partial charge in [-0.1, -0.05) is 48.0 Å². The molecule has 0 amide bonds. The topological polar surface area (TPSA) is 40.2 Å². The van der Waals surface area contributed by atoms with Gasteiger partial charge in [0.1, 0.15) is 12.4 Å². The molecule has 3 nitrogen and oxygen atoms in total. The molecule has 2 aromatic carbocycles. The predicted molar refractivity (Wildman–Crippen MR) is 86.8 cm³/mol. The number of aromatic nitrogens is 1. The molecule has 0 aliphatic rings. The number of rotatable bonds is 5. The molecule has 3 aromatic rings. The van der Waals surface area contributed by atoms with Crippen LogP contribution in [-0.4, -0.2) is 11.2 Å². The molecule has 1 heterocycles. The lowest BCUT2D eigenvalue weighted by atomic mass is 10.2. The van der Waals surface area contributed by atoms with Gasteiger partial charge < -0.3 is 15.0 Å². The lowest BCUT2D eigenvalue weighted by Crippen LogP contribution is -2.09. The second-order valence-electron chi connectivity index (χ2n) is 4.85. The van der Waals surface area contributed by atoms with Gasteiger partial charge in [-0.15, -0.1) is 0 Å². The maximum absolute atomic E-state index is 6.24. The molecule has 0 aliphatic heterocycles. The van der Waals surface area contributed by atoms with Crippen molar-refractivity contribution in [2.45, 2.75) is 13.1 Å². The van der Waals surface area contributed by atoms with E-state index < -0.39 is 0 Å². The number of hydrogen-bond acceptors (Lipinski definition) is 2. The van der Waals surface area contributed by atoms with Crippen LogP contribution in [0.15, 0.2) is 54.7 Å². The molecule has 0 bridgehead atoms. The van der Waals surface area contributed by atoms with Crippen LogP contribution in [0.3, 0.4) is 0 Å². The Bertz CT molecular complexity index is 751. The highest BCUT2D eigenvalue weighted by Gasteiger charge is 2.06. The van der Waals surface area contributed by atoms with Crippen LogP contribution in [0, 0.1) is 0 Å². The molecule has 2 N–H and O–H groups in total. The summed E-state index contributed by atoms with van der Waals surface area (Å²) in [7, 11) is 0. The Balaban J connectivity index is 1.72. The van der Waals surface area contributed by atoms with E-state index in [-0.39, 0.29) is 0 Å². The van der Waals surface area contributed by atoms with E-state index in [1.807, 2.05) is 48.7 Å². The van der Waals surface area contributed by atoms with E-state index in [0.29, 0.717) is 13.2 Å². The monoisotopic (exact) mass is 300 g/mol. The van der Waals surface area contributed by atoms with Crippen molar-refractivity contribution in [1.29, 1.82) is 0 Å². The summed E-state index contributed by atoms with van der Waals surface area (Å²) in [6.07, 6.45) is 1.95. The fourth-order valence-corrected chi connectivity index (χ4v) is 2.73. The standard InChI is InChI=1S/C17H17ClN2O/c18-15-12-20(16-7-3-2-6-14(15)16)9-10-21-17-8-4-1-5-13(17)11-19/h1-8,12H,9-11,19H2. The number of fused-ring (bicyclic) bond motifs is 1. The van der Waals surface area contributed by atoms with Crippen molar-refractivity contribution in [3.63, 3.8) is 0 Å². The van der Waals surface area contributed by atoms with Crippen LogP contribution in [0.25, 0.3) is 10.9 Å². The van der Waals surface area contributed by atoms with Gasteiger partial charge in [0.15, 0.2) is 0 Å². The lowest BCUT2D eigenvalue weighted by Gasteiger charge is -2.11. The number of ether oxygens (including phenoxy) is 1. The van der Waals surface area contributed by atoms with Gasteiger partial charge in [-0.25, -0.2) is 0 Å². The van der Waals surface area contributed by atoms with Crippen LogP contribution < -0.4 is 10.5 Å². The molecule has 0 spiro atoms. The van der Waals surface area contributed by atoms with Crippen LogP contribution in [0.5, 0.6) is 5.75 Å². The SMILES string of the molecule is NCc1ccccc1OCCn1cc(Cl)c2ccccc21. The smallest absolute Gasteiger partial charge is 0.123 e. The molecule has 0 radical (unpaired) electrons. The molecule has 108 valence electrons. The van der Waals surface area contributed by atoms with Gasteiger partial charge in [0.2, 0.25) is 0 Å². The zero-order valence-corrected chi connectivity index (χ0v) is 12.4. The number of nitrogens with two attached hydrogens (primary N) is 1. The maximum Gasteiger partial charge on any atom is 0.123 e. The Hall–Kier alpha value is -1.97. The zero-order chi connectivity index (χ0) is 14.7. The van der Waals surface area contributed by atoms with Crippen LogP contribution in [0.4, 0.5) is 0 Å². The van der Waals surface area contributed by atoms with E-state index in [1.54, 1.807) is 0 Å². The Kier molecular flexibility index (Phi) is 4.13. The molecule has 0 saturated heterocycles. The second kappa shape index (κ2) is 6.20. The van der Waals surface area contributed by atoms with E-state index in [9.17, 15) is 0 Å². The van der Waals surface area contributed by atoms with Gasteiger partial charge in [-0.05, 0) is 12.1 Å². The second-order valence-corrected chi connectivity index (χ2v) is 5.26. The minimum atomic E-state index is 0.481. The van der Waals surface area contributed by atoms with Crippen molar-refractivity contribution < 1.29 is 4.74 Å². The van der Waals surface area contributed by atoms with Gasteiger partial charge >= 0.3 is 0 Å². The van der Waals surface area contributed by atoms with E-state index in [0.717, 1.165) is 33.8 Å². The average Bonchev–Trinajstić information content (AvgIpc) is 2.85. The van der Waals surface area contributed by atoms with Crippen molar-refractivity contribution in [2.75, 3.05) is 6.61 Å². The van der Waals surface area contributed by atoms with Crippen molar-refractivity contribution >= 4 is 22.5 Å². The molecule has 0 fully saturated rings. The van der Waals surface area contributed by atoms with E-state index in [1.165, 1.54) is 0 Å². The van der Waals surface area contributed by atoms with Gasteiger partial charge in [0.05, 0.1) is 11.6 Å². The summed E-state index contributed by atoms with van der Waals surface area (Å²) in [5.74, 6) is 0.850. The molecule has 0 unspecified atom stereocenters. The third-order valence-corrected chi connectivity index (χ3v) is 3.82. The average molecular weight is 301 g/mol. The lowest BCUT2D eigenvalue weighted by molar-refractivity contribution is 0.297. The minimum absolute atomic E-state index is 0.481. The van der Waals surface area contributed by atoms with Crippen LogP contribution >= 0.6 is 11.6 Å². The molecular weight excluding hydrogens is 284 g/mol. The first kappa shape index (κ1) is 14.0. The molecule has 21 heavy (non-hydrogen) atoms. The largest absolute Gasteiger partial charge is 0.491 e. The van der Waals surface area contributed by atoms with Crippen molar-refractivity contribution in [1.82, 2.24) is 4.57 Å². The van der Waals surface area contributed by atoms with Gasteiger partial charge in [0, 0.05) is 29.2 Å². The van der Waals surface area contributed by atoms with E-state index in [4.69, 9.17) is 22.1 Å². The summed E-state index contributed by atoms with van der Waals surface area (Å²) in [4.78, 5) is 0. The highest BCUT2D eigenvalue weighted by molar-refractivity contribution is 6.35. The number of nitrogens with zero attached hydrogens (tertiary/aromatic N) is 1. The minimum Gasteiger partial charge on any atom is -0.491 e. The fraction of sp³-hybridized carbons (Fsp3) is 0.176. The summed E-state index contributed by atoms with van der Waals surface area (Å²) in [5, 5.41) is 1.84. The summed E-state index contributed by atoms with van der Waals surface area (Å²) in [5.41, 5.74) is 7.85. The fourth-order valence-electron chi connectivity index (χ4n) is 2.45. The van der Waals surface area contributed by atoms with Gasteiger partial charge in [-0.2, -0.15) is 0 Å². The molecule has 3 rings (SSSR count). The van der Waals surface area contributed by atoms with Crippen LogP contribution in [0.1, 0.15) is 5.56 Å². The summed E-state index contributed by atoms with van der Waals surface area (Å²) in [6.45, 7) is 1.80. The number of halogens is 1. The van der Waals surface area contributed by atoms with E-state index >= 15 is 0 Å². The number of hydrogen-bond donors (Lipinski definition) is 1. The van der Waals surface area contributed by atoms with Crippen molar-refractivity contribution in [2.24, 2.45) is 5.73 Å². The van der Waals surface area contributed by atoms with Gasteiger partial charge in [0.25, 0.3) is 0 Å².